The molecule has 0 saturated carbocycles. The first-order valence-electron chi connectivity index (χ1n) is 9.20. The van der Waals surface area contributed by atoms with Crippen molar-refractivity contribution in [2.75, 3.05) is 13.2 Å². The SMILES string of the molecule is C=C(CCO)C(=O)OC[C@H]1O[C@@H](OC(=O)/C=C/c2ccc(O)c(O)c2)[C@H](O)[C@@H](O)[C@@H]1O. The monoisotopic (exact) mass is 440 g/mol. The lowest BCUT2D eigenvalue weighted by Crippen LogP contribution is -2.59. The van der Waals surface area contributed by atoms with Gasteiger partial charge in [0.2, 0.25) is 6.29 Å². The lowest BCUT2D eigenvalue weighted by molar-refractivity contribution is -0.291. The Labute approximate surface area is 177 Å². The van der Waals surface area contributed by atoms with Gasteiger partial charge in [-0.2, -0.15) is 0 Å². The van der Waals surface area contributed by atoms with Crippen LogP contribution in [0, 0.1) is 0 Å². The van der Waals surface area contributed by atoms with Gasteiger partial charge in [0.1, 0.15) is 31.0 Å². The fourth-order valence-electron chi connectivity index (χ4n) is 2.61. The van der Waals surface area contributed by atoms with Crippen molar-refractivity contribution in [3.05, 3.63) is 42.0 Å². The lowest BCUT2D eigenvalue weighted by atomic mass is 9.99. The van der Waals surface area contributed by atoms with Crippen LogP contribution in [0.1, 0.15) is 12.0 Å². The predicted molar refractivity (Wildman–Crippen MR) is 103 cm³/mol. The molecule has 0 radical (unpaired) electrons. The molecule has 1 heterocycles. The first-order valence-corrected chi connectivity index (χ1v) is 9.20. The van der Waals surface area contributed by atoms with Crippen molar-refractivity contribution in [1.82, 2.24) is 0 Å². The third-order valence-corrected chi connectivity index (χ3v) is 4.39. The van der Waals surface area contributed by atoms with E-state index in [0.717, 1.165) is 6.08 Å². The van der Waals surface area contributed by atoms with Gasteiger partial charge in [-0.25, -0.2) is 9.59 Å². The fourth-order valence-corrected chi connectivity index (χ4v) is 2.61. The maximum atomic E-state index is 12.0. The normalized spacial score (nSPS) is 25.9. The van der Waals surface area contributed by atoms with Gasteiger partial charge in [-0.15, -0.1) is 0 Å². The summed E-state index contributed by atoms with van der Waals surface area (Å²) in [6, 6.07) is 3.83. The molecule has 0 bridgehead atoms. The van der Waals surface area contributed by atoms with Gasteiger partial charge < -0.3 is 44.8 Å². The van der Waals surface area contributed by atoms with Crippen LogP contribution in [0.5, 0.6) is 11.5 Å². The maximum absolute atomic E-state index is 12.0. The number of esters is 2. The molecule has 170 valence electrons. The summed E-state index contributed by atoms with van der Waals surface area (Å²) in [6.45, 7) is 2.58. The van der Waals surface area contributed by atoms with E-state index in [4.69, 9.17) is 19.3 Å². The molecule has 31 heavy (non-hydrogen) atoms. The van der Waals surface area contributed by atoms with Crippen molar-refractivity contribution >= 4 is 18.0 Å². The van der Waals surface area contributed by atoms with Crippen LogP contribution in [0.25, 0.3) is 6.08 Å². The van der Waals surface area contributed by atoms with E-state index >= 15 is 0 Å². The summed E-state index contributed by atoms with van der Waals surface area (Å²) in [5.74, 6) is -2.55. The van der Waals surface area contributed by atoms with Gasteiger partial charge in [-0.3, -0.25) is 0 Å². The number of hydrogen-bond acceptors (Lipinski definition) is 11. The average molecular weight is 440 g/mol. The van der Waals surface area contributed by atoms with Crippen LogP contribution in [0.4, 0.5) is 0 Å². The van der Waals surface area contributed by atoms with Gasteiger partial charge in [-0.1, -0.05) is 12.6 Å². The minimum Gasteiger partial charge on any atom is -0.504 e. The number of aromatic hydroxyl groups is 2. The molecule has 1 fully saturated rings. The Balaban J connectivity index is 1.98. The van der Waals surface area contributed by atoms with Crippen LogP contribution < -0.4 is 0 Å². The first-order chi connectivity index (χ1) is 14.6. The molecular weight excluding hydrogens is 416 g/mol. The van der Waals surface area contributed by atoms with Gasteiger partial charge in [0.05, 0.1) is 0 Å². The largest absolute Gasteiger partial charge is 0.504 e. The Kier molecular flexibility index (Phi) is 8.54. The zero-order valence-corrected chi connectivity index (χ0v) is 16.3. The van der Waals surface area contributed by atoms with Gasteiger partial charge in [0.25, 0.3) is 0 Å². The van der Waals surface area contributed by atoms with Crippen LogP contribution in [0.15, 0.2) is 36.4 Å². The highest BCUT2D eigenvalue weighted by molar-refractivity contribution is 5.88. The van der Waals surface area contributed by atoms with Crippen LogP contribution in [0.2, 0.25) is 0 Å². The predicted octanol–water partition coefficient (Wildman–Crippen LogP) is -1.06. The summed E-state index contributed by atoms with van der Waals surface area (Å²) in [5.41, 5.74) is 0.350. The molecule has 0 unspecified atom stereocenters. The number of ether oxygens (including phenoxy) is 3. The molecule has 0 amide bonds. The van der Waals surface area contributed by atoms with Crippen LogP contribution >= 0.6 is 0 Å². The topological polar surface area (TPSA) is 183 Å². The van der Waals surface area contributed by atoms with Crippen molar-refractivity contribution in [1.29, 1.82) is 0 Å². The maximum Gasteiger partial charge on any atom is 0.333 e. The Bertz CT molecular complexity index is 834. The molecule has 5 atom stereocenters. The number of aliphatic hydroxyl groups excluding tert-OH is 4. The number of aliphatic hydroxyl groups is 4. The van der Waals surface area contributed by atoms with Gasteiger partial charge in [0.15, 0.2) is 11.5 Å². The second kappa shape index (κ2) is 10.9. The highest BCUT2D eigenvalue weighted by Crippen LogP contribution is 2.26. The van der Waals surface area contributed by atoms with Crippen molar-refractivity contribution in [3.8, 4) is 11.5 Å². The number of phenols is 2. The van der Waals surface area contributed by atoms with Crippen molar-refractivity contribution in [2.45, 2.75) is 37.1 Å². The molecular formula is C20H24O11. The number of carbonyl (C=O) groups is 2. The molecule has 1 aliphatic heterocycles. The number of hydrogen-bond donors (Lipinski definition) is 6. The number of phenolic OH excluding ortho intramolecular Hbond substituents is 2. The van der Waals surface area contributed by atoms with Gasteiger partial charge in [0, 0.05) is 24.7 Å². The molecule has 0 aliphatic carbocycles. The van der Waals surface area contributed by atoms with Crippen molar-refractivity contribution in [2.24, 2.45) is 0 Å². The quantitative estimate of drug-likeness (QED) is 0.165. The van der Waals surface area contributed by atoms with Crippen LogP contribution in [0.3, 0.4) is 0 Å². The van der Waals surface area contributed by atoms with Crippen molar-refractivity contribution in [3.63, 3.8) is 0 Å². The summed E-state index contributed by atoms with van der Waals surface area (Å²) in [4.78, 5) is 23.8. The summed E-state index contributed by atoms with van der Waals surface area (Å²) in [6.07, 6.45) is -5.97. The summed E-state index contributed by atoms with van der Waals surface area (Å²) in [7, 11) is 0. The van der Waals surface area contributed by atoms with E-state index in [9.17, 15) is 35.1 Å². The highest BCUT2D eigenvalue weighted by Gasteiger charge is 2.46. The number of benzene rings is 1. The summed E-state index contributed by atoms with van der Waals surface area (Å²) < 4.78 is 15.1. The molecule has 1 aromatic carbocycles. The van der Waals surface area contributed by atoms with Crippen LogP contribution in [-0.2, 0) is 23.8 Å². The number of carbonyl (C=O) groups excluding carboxylic acids is 2. The Morgan fingerprint density at radius 2 is 1.81 bits per heavy atom. The van der Waals surface area contributed by atoms with E-state index in [2.05, 4.69) is 6.58 Å². The molecule has 0 aromatic heterocycles. The summed E-state index contributed by atoms with van der Waals surface area (Å²) in [5, 5.41) is 57.5. The van der Waals surface area contributed by atoms with E-state index in [0.29, 0.717) is 5.56 Å². The lowest BCUT2D eigenvalue weighted by Gasteiger charge is -2.39. The van der Waals surface area contributed by atoms with Gasteiger partial charge in [-0.05, 0) is 23.8 Å². The second-order valence-electron chi connectivity index (χ2n) is 6.71. The molecule has 1 aliphatic rings. The minimum atomic E-state index is -1.78. The smallest absolute Gasteiger partial charge is 0.333 e. The zero-order chi connectivity index (χ0) is 23.1. The Morgan fingerprint density at radius 1 is 1.10 bits per heavy atom. The second-order valence-corrected chi connectivity index (χ2v) is 6.71. The molecule has 1 saturated heterocycles. The minimum absolute atomic E-state index is 0.0123. The third kappa shape index (κ3) is 6.51. The molecule has 2 rings (SSSR count). The number of rotatable bonds is 8. The molecule has 1 aromatic rings. The molecule has 6 N–H and O–H groups in total. The van der Waals surface area contributed by atoms with Crippen molar-refractivity contribution < 1.29 is 54.4 Å². The first kappa shape index (κ1) is 24.3. The van der Waals surface area contributed by atoms with E-state index in [1.807, 2.05) is 0 Å². The third-order valence-electron chi connectivity index (χ3n) is 4.39. The average Bonchev–Trinajstić information content (AvgIpc) is 2.74. The van der Waals surface area contributed by atoms with Crippen LogP contribution in [-0.4, -0.2) is 86.5 Å². The molecule has 11 heteroatoms. The summed E-state index contributed by atoms with van der Waals surface area (Å²) >= 11 is 0. The molecule has 11 nitrogen and oxygen atoms in total. The van der Waals surface area contributed by atoms with E-state index in [1.54, 1.807) is 0 Å². The highest BCUT2D eigenvalue weighted by atomic mass is 16.7. The Morgan fingerprint density at radius 3 is 2.45 bits per heavy atom. The van der Waals surface area contributed by atoms with Gasteiger partial charge >= 0.3 is 11.9 Å². The van der Waals surface area contributed by atoms with E-state index < -0.39 is 55.0 Å². The van der Waals surface area contributed by atoms with E-state index in [1.165, 1.54) is 24.3 Å². The molecule has 0 spiro atoms. The fraction of sp³-hybridized carbons (Fsp3) is 0.400. The zero-order valence-electron chi connectivity index (χ0n) is 16.3. The Hall–Kier alpha value is -2.96. The van der Waals surface area contributed by atoms with E-state index in [-0.39, 0.29) is 24.4 Å². The standard InChI is InChI=1S/C20H24O11/c1-10(6-7-21)19(28)29-9-14-16(25)17(26)18(27)20(30-14)31-15(24)5-3-11-2-4-12(22)13(23)8-11/h2-5,8,14,16-18,20-23,25-27H,1,6-7,9H2/b5-3+/t14-,16-,17+,18-,20+/m1/s1.